The molecule has 96 valence electrons. The summed E-state index contributed by atoms with van der Waals surface area (Å²) in [5.41, 5.74) is 4.03. The zero-order valence-electron chi connectivity index (χ0n) is 9.99. The van der Waals surface area contributed by atoms with Crippen LogP contribution in [-0.2, 0) is 11.2 Å². The van der Waals surface area contributed by atoms with Gasteiger partial charge in [-0.3, -0.25) is 4.79 Å². The second-order valence-electron chi connectivity index (χ2n) is 4.56. The number of amides is 1. The zero-order chi connectivity index (χ0) is 13.4. The van der Waals surface area contributed by atoms with E-state index in [1.54, 1.807) is 0 Å². The second-order valence-corrected chi connectivity index (χ2v) is 6.24. The Morgan fingerprint density at radius 2 is 1.95 bits per heavy atom. The molecule has 1 atom stereocenters. The molecule has 1 N–H and O–H groups in total. The molecule has 1 aliphatic rings. The molecule has 0 saturated carbocycles. The van der Waals surface area contributed by atoms with E-state index in [1.165, 1.54) is 3.57 Å². The van der Waals surface area contributed by atoms with Crippen molar-refractivity contribution in [3.05, 3.63) is 62.7 Å². The second kappa shape index (κ2) is 5.13. The number of carbonyl (C=O) groups is 1. The van der Waals surface area contributed by atoms with Gasteiger partial charge in [0.1, 0.15) is 0 Å². The van der Waals surface area contributed by atoms with Gasteiger partial charge >= 0.3 is 0 Å². The first-order valence-electron chi connectivity index (χ1n) is 5.96. The van der Waals surface area contributed by atoms with Crippen molar-refractivity contribution in [1.29, 1.82) is 0 Å². The maximum Gasteiger partial charge on any atom is 0.228 e. The standard InChI is InChI=1S/C15H11ClINO/c16-15(9-2-1-3-12(17)7-9)10-4-5-13-11(6-10)8-14(19)18-13/h1-7,15H,8H2,(H,18,19). The first kappa shape index (κ1) is 12.9. The van der Waals surface area contributed by atoms with E-state index in [9.17, 15) is 4.79 Å². The molecule has 2 aromatic rings. The van der Waals surface area contributed by atoms with Crippen LogP contribution in [0.3, 0.4) is 0 Å². The van der Waals surface area contributed by atoms with Gasteiger partial charge in [-0.2, -0.15) is 0 Å². The average molecular weight is 384 g/mol. The fraction of sp³-hybridized carbons (Fsp3) is 0.133. The number of benzene rings is 2. The molecule has 1 amide bonds. The minimum absolute atomic E-state index is 0.0486. The lowest BCUT2D eigenvalue weighted by Gasteiger charge is -2.12. The van der Waals surface area contributed by atoms with Crippen LogP contribution in [-0.4, -0.2) is 5.91 Å². The van der Waals surface area contributed by atoms with Gasteiger partial charge in [0.2, 0.25) is 5.91 Å². The van der Waals surface area contributed by atoms with E-state index in [2.05, 4.69) is 34.0 Å². The third-order valence-electron chi connectivity index (χ3n) is 3.19. The molecular weight excluding hydrogens is 373 g/mol. The van der Waals surface area contributed by atoms with Gasteiger partial charge in [-0.25, -0.2) is 0 Å². The van der Waals surface area contributed by atoms with E-state index in [0.717, 1.165) is 22.4 Å². The molecule has 0 spiro atoms. The van der Waals surface area contributed by atoms with Gasteiger partial charge in [-0.15, -0.1) is 11.6 Å². The van der Waals surface area contributed by atoms with E-state index in [0.29, 0.717) is 6.42 Å². The predicted octanol–water partition coefficient (Wildman–Crippen LogP) is 4.11. The number of rotatable bonds is 2. The van der Waals surface area contributed by atoms with Gasteiger partial charge in [-0.05, 0) is 57.5 Å². The molecular formula is C15H11ClINO. The third kappa shape index (κ3) is 2.62. The van der Waals surface area contributed by atoms with Crippen molar-refractivity contribution in [2.24, 2.45) is 0 Å². The molecule has 0 bridgehead atoms. The number of nitrogens with one attached hydrogen (secondary N) is 1. The molecule has 0 fully saturated rings. The zero-order valence-corrected chi connectivity index (χ0v) is 12.9. The first-order valence-corrected chi connectivity index (χ1v) is 7.47. The van der Waals surface area contributed by atoms with Crippen LogP contribution in [0.2, 0.25) is 0 Å². The fourth-order valence-electron chi connectivity index (χ4n) is 2.26. The summed E-state index contributed by atoms with van der Waals surface area (Å²) in [5.74, 6) is 0.0486. The van der Waals surface area contributed by atoms with Crippen molar-refractivity contribution in [1.82, 2.24) is 0 Å². The Balaban J connectivity index is 1.95. The lowest BCUT2D eigenvalue weighted by atomic mass is 10.0. The molecule has 0 aliphatic carbocycles. The molecule has 3 rings (SSSR count). The summed E-state index contributed by atoms with van der Waals surface area (Å²) in [6, 6.07) is 14.1. The highest BCUT2D eigenvalue weighted by molar-refractivity contribution is 14.1. The molecule has 2 aromatic carbocycles. The van der Waals surface area contributed by atoms with Gasteiger partial charge in [0.25, 0.3) is 0 Å². The summed E-state index contributed by atoms with van der Waals surface area (Å²) in [6.45, 7) is 0. The van der Waals surface area contributed by atoms with Gasteiger partial charge in [0.05, 0.1) is 11.8 Å². The third-order valence-corrected chi connectivity index (χ3v) is 4.36. The topological polar surface area (TPSA) is 29.1 Å². The lowest BCUT2D eigenvalue weighted by Crippen LogP contribution is -2.03. The number of anilines is 1. The van der Waals surface area contributed by atoms with Gasteiger partial charge in [-0.1, -0.05) is 24.3 Å². The number of fused-ring (bicyclic) bond motifs is 1. The molecule has 0 radical (unpaired) electrons. The summed E-state index contributed by atoms with van der Waals surface area (Å²) in [5, 5.41) is 2.64. The largest absolute Gasteiger partial charge is 0.326 e. The number of carbonyl (C=O) groups excluding carboxylic acids is 1. The maximum absolute atomic E-state index is 11.4. The molecule has 1 heterocycles. The van der Waals surface area contributed by atoms with Crippen LogP contribution < -0.4 is 5.32 Å². The molecule has 2 nitrogen and oxygen atoms in total. The van der Waals surface area contributed by atoms with E-state index >= 15 is 0 Å². The number of hydrogen-bond acceptors (Lipinski definition) is 1. The number of alkyl halides is 1. The van der Waals surface area contributed by atoms with Crippen molar-refractivity contribution in [2.75, 3.05) is 5.32 Å². The number of hydrogen-bond donors (Lipinski definition) is 1. The minimum atomic E-state index is -0.185. The smallest absolute Gasteiger partial charge is 0.228 e. The van der Waals surface area contributed by atoms with Crippen molar-refractivity contribution in [3.8, 4) is 0 Å². The number of halogens is 2. The normalized spacial score (nSPS) is 14.9. The Morgan fingerprint density at radius 1 is 1.16 bits per heavy atom. The van der Waals surface area contributed by atoms with E-state index < -0.39 is 0 Å². The Morgan fingerprint density at radius 3 is 2.74 bits per heavy atom. The van der Waals surface area contributed by atoms with Crippen molar-refractivity contribution >= 4 is 45.8 Å². The molecule has 1 aliphatic heterocycles. The highest BCUT2D eigenvalue weighted by Crippen LogP contribution is 2.33. The molecule has 19 heavy (non-hydrogen) atoms. The van der Waals surface area contributed by atoms with Crippen molar-refractivity contribution in [3.63, 3.8) is 0 Å². The van der Waals surface area contributed by atoms with Crippen molar-refractivity contribution < 1.29 is 4.79 Å². The quantitative estimate of drug-likeness (QED) is 0.613. The van der Waals surface area contributed by atoms with Crippen LogP contribution in [0.4, 0.5) is 5.69 Å². The average Bonchev–Trinajstić information content (AvgIpc) is 2.76. The Hall–Kier alpha value is -1.07. The SMILES string of the molecule is O=C1Cc2cc(C(Cl)c3cccc(I)c3)ccc2N1. The Bertz CT molecular complexity index is 656. The molecule has 4 heteroatoms. The van der Waals surface area contributed by atoms with Gasteiger partial charge in [0.15, 0.2) is 0 Å². The highest BCUT2D eigenvalue weighted by atomic mass is 127. The van der Waals surface area contributed by atoms with Crippen LogP contribution in [0.1, 0.15) is 22.1 Å². The summed E-state index contributed by atoms with van der Waals surface area (Å²) in [7, 11) is 0. The van der Waals surface area contributed by atoms with Crippen LogP contribution in [0.15, 0.2) is 42.5 Å². The maximum atomic E-state index is 11.4. The molecule has 0 aromatic heterocycles. The summed E-state index contributed by atoms with van der Waals surface area (Å²) in [6.07, 6.45) is 0.444. The molecule has 1 unspecified atom stereocenters. The van der Waals surface area contributed by atoms with Crippen LogP contribution >= 0.6 is 34.2 Å². The molecule has 0 saturated heterocycles. The Labute approximate surface area is 130 Å². The van der Waals surface area contributed by atoms with E-state index in [-0.39, 0.29) is 11.3 Å². The first-order chi connectivity index (χ1) is 9.13. The summed E-state index contributed by atoms with van der Waals surface area (Å²) >= 11 is 8.81. The Kier molecular flexibility index (Phi) is 3.50. The monoisotopic (exact) mass is 383 g/mol. The van der Waals surface area contributed by atoms with Crippen LogP contribution in [0, 0.1) is 3.57 Å². The van der Waals surface area contributed by atoms with Crippen LogP contribution in [0.5, 0.6) is 0 Å². The van der Waals surface area contributed by atoms with Crippen molar-refractivity contribution in [2.45, 2.75) is 11.8 Å². The van der Waals surface area contributed by atoms with Gasteiger partial charge in [0, 0.05) is 9.26 Å². The predicted molar refractivity (Wildman–Crippen MR) is 85.6 cm³/mol. The lowest BCUT2D eigenvalue weighted by molar-refractivity contribution is -0.115. The van der Waals surface area contributed by atoms with E-state index in [4.69, 9.17) is 11.6 Å². The van der Waals surface area contributed by atoms with E-state index in [1.807, 2.05) is 36.4 Å². The summed E-state index contributed by atoms with van der Waals surface area (Å²) in [4.78, 5) is 11.4. The highest BCUT2D eigenvalue weighted by Gasteiger charge is 2.20. The fourth-order valence-corrected chi connectivity index (χ4v) is 3.10. The van der Waals surface area contributed by atoms with Gasteiger partial charge < -0.3 is 5.32 Å². The van der Waals surface area contributed by atoms with Crippen LogP contribution in [0.25, 0.3) is 0 Å². The minimum Gasteiger partial charge on any atom is -0.326 e. The summed E-state index contributed by atoms with van der Waals surface area (Å²) < 4.78 is 1.17.